The number of furan rings is 1. The molecule has 6 heteroatoms. The Morgan fingerprint density at radius 3 is 2.52 bits per heavy atom. The highest BCUT2D eigenvalue weighted by atomic mass is 19.1. The SMILES string of the molecule is Cc1ccc(C(O)=C2C(=O)C(=O)N(Cc3ccco3)[C@H]2c2ccccc2)cc1F. The lowest BCUT2D eigenvalue weighted by Gasteiger charge is -2.24. The molecule has 1 aliphatic heterocycles. The Balaban J connectivity index is 1.87. The molecule has 0 aliphatic carbocycles. The third kappa shape index (κ3) is 3.33. The van der Waals surface area contributed by atoms with Gasteiger partial charge >= 0.3 is 0 Å². The minimum atomic E-state index is -0.816. The number of rotatable bonds is 4. The first kappa shape index (κ1) is 18.7. The van der Waals surface area contributed by atoms with Gasteiger partial charge in [-0.25, -0.2) is 4.39 Å². The van der Waals surface area contributed by atoms with Crippen LogP contribution in [-0.2, 0) is 16.1 Å². The van der Waals surface area contributed by atoms with Crippen molar-refractivity contribution in [1.29, 1.82) is 0 Å². The van der Waals surface area contributed by atoms with Gasteiger partial charge in [0.15, 0.2) is 0 Å². The maximum absolute atomic E-state index is 14.0. The second-order valence-corrected chi connectivity index (χ2v) is 6.88. The van der Waals surface area contributed by atoms with Gasteiger partial charge in [0, 0.05) is 5.56 Å². The van der Waals surface area contributed by atoms with E-state index in [1.165, 1.54) is 23.3 Å². The molecule has 1 atom stereocenters. The number of benzene rings is 2. The summed E-state index contributed by atoms with van der Waals surface area (Å²) in [5.41, 5.74) is 1.15. The van der Waals surface area contributed by atoms with Crippen LogP contribution in [0, 0.1) is 12.7 Å². The summed E-state index contributed by atoms with van der Waals surface area (Å²) >= 11 is 0. The number of hydrogen-bond donors (Lipinski definition) is 1. The summed E-state index contributed by atoms with van der Waals surface area (Å²) in [6.07, 6.45) is 1.48. The van der Waals surface area contributed by atoms with Crippen LogP contribution < -0.4 is 0 Å². The minimum Gasteiger partial charge on any atom is -0.507 e. The number of ketones is 1. The topological polar surface area (TPSA) is 70.8 Å². The second-order valence-electron chi connectivity index (χ2n) is 6.88. The Morgan fingerprint density at radius 1 is 1.10 bits per heavy atom. The van der Waals surface area contributed by atoms with E-state index in [0.29, 0.717) is 16.9 Å². The zero-order chi connectivity index (χ0) is 20.5. The lowest BCUT2D eigenvalue weighted by molar-refractivity contribution is -0.140. The summed E-state index contributed by atoms with van der Waals surface area (Å²) in [6.45, 7) is 1.67. The van der Waals surface area contributed by atoms with Gasteiger partial charge in [-0.3, -0.25) is 9.59 Å². The summed E-state index contributed by atoms with van der Waals surface area (Å²) in [4.78, 5) is 27.0. The number of Topliss-reactive ketones (excluding diaryl/α,β-unsaturated/α-hetero) is 1. The Bertz CT molecular complexity index is 1100. The number of aliphatic hydroxyl groups excluding tert-OH is 1. The standard InChI is InChI=1S/C23H18FNO4/c1-14-9-10-16(12-18(14)24)21(26)19-20(15-6-3-2-4-7-15)25(23(28)22(19)27)13-17-8-5-11-29-17/h2-12,20,26H,13H2,1H3/t20-/m0/s1. The number of hydrogen-bond acceptors (Lipinski definition) is 4. The van der Waals surface area contributed by atoms with Crippen LogP contribution in [0.5, 0.6) is 0 Å². The molecule has 1 amide bonds. The molecule has 0 saturated carbocycles. The van der Waals surface area contributed by atoms with Crippen LogP contribution in [0.15, 0.2) is 76.9 Å². The molecule has 0 spiro atoms. The van der Waals surface area contributed by atoms with Gasteiger partial charge in [0.2, 0.25) is 0 Å². The monoisotopic (exact) mass is 391 g/mol. The summed E-state index contributed by atoms with van der Waals surface area (Å²) in [5, 5.41) is 10.9. The molecule has 1 aromatic heterocycles. The van der Waals surface area contributed by atoms with Crippen molar-refractivity contribution in [3.63, 3.8) is 0 Å². The number of halogens is 1. The molecule has 3 aromatic rings. The highest BCUT2D eigenvalue weighted by Gasteiger charge is 2.46. The van der Waals surface area contributed by atoms with Crippen molar-refractivity contribution >= 4 is 17.4 Å². The molecule has 4 rings (SSSR count). The van der Waals surface area contributed by atoms with Crippen molar-refractivity contribution in [3.05, 3.63) is 101 Å². The van der Waals surface area contributed by atoms with E-state index in [-0.39, 0.29) is 17.7 Å². The molecule has 5 nitrogen and oxygen atoms in total. The predicted molar refractivity (Wildman–Crippen MR) is 104 cm³/mol. The Morgan fingerprint density at radius 2 is 1.86 bits per heavy atom. The molecule has 1 N–H and O–H groups in total. The van der Waals surface area contributed by atoms with Crippen molar-refractivity contribution in [3.8, 4) is 0 Å². The van der Waals surface area contributed by atoms with Crippen LogP contribution in [0.2, 0.25) is 0 Å². The molecular weight excluding hydrogens is 373 g/mol. The van der Waals surface area contributed by atoms with Gasteiger partial charge in [0.25, 0.3) is 11.7 Å². The van der Waals surface area contributed by atoms with Gasteiger partial charge in [0.1, 0.15) is 17.3 Å². The average Bonchev–Trinajstić information content (AvgIpc) is 3.32. The molecule has 0 bridgehead atoms. The summed E-state index contributed by atoms with van der Waals surface area (Å²) in [6, 6.07) is 15.7. The first-order valence-electron chi connectivity index (χ1n) is 9.09. The van der Waals surface area contributed by atoms with Gasteiger partial charge in [-0.05, 0) is 36.2 Å². The normalized spacial score (nSPS) is 18.4. The van der Waals surface area contributed by atoms with Gasteiger partial charge in [-0.15, -0.1) is 0 Å². The number of carbonyl (C=O) groups excluding carboxylic acids is 2. The second kappa shape index (κ2) is 7.39. The number of carbonyl (C=O) groups is 2. The Hall–Kier alpha value is -3.67. The third-order valence-electron chi connectivity index (χ3n) is 5.01. The molecule has 2 aromatic carbocycles. The molecule has 29 heavy (non-hydrogen) atoms. The highest BCUT2D eigenvalue weighted by molar-refractivity contribution is 6.46. The van der Waals surface area contributed by atoms with Crippen LogP contribution in [0.4, 0.5) is 4.39 Å². The molecule has 1 saturated heterocycles. The summed E-state index contributed by atoms with van der Waals surface area (Å²) in [5.74, 6) is -1.96. The number of nitrogens with zero attached hydrogens (tertiary/aromatic N) is 1. The van der Waals surface area contributed by atoms with E-state index in [9.17, 15) is 19.1 Å². The first-order chi connectivity index (χ1) is 14.0. The van der Waals surface area contributed by atoms with Crippen molar-refractivity contribution in [2.75, 3.05) is 0 Å². The van der Waals surface area contributed by atoms with Gasteiger partial charge in [-0.1, -0.05) is 42.5 Å². The molecular formula is C23H18FNO4. The molecule has 0 unspecified atom stereocenters. The van der Waals surface area contributed by atoms with Crippen LogP contribution in [-0.4, -0.2) is 21.7 Å². The van der Waals surface area contributed by atoms with E-state index < -0.39 is 29.3 Å². The molecule has 1 aliphatic rings. The van der Waals surface area contributed by atoms with Gasteiger partial charge in [0.05, 0.1) is 24.4 Å². The molecule has 2 heterocycles. The van der Waals surface area contributed by atoms with Gasteiger partial charge in [-0.2, -0.15) is 0 Å². The van der Waals surface area contributed by atoms with Crippen molar-refractivity contribution < 1.29 is 23.5 Å². The lowest BCUT2D eigenvalue weighted by atomic mass is 9.95. The fourth-order valence-electron chi connectivity index (χ4n) is 3.49. The van der Waals surface area contributed by atoms with Crippen molar-refractivity contribution in [2.24, 2.45) is 0 Å². The number of likely N-dealkylation sites (tertiary alicyclic amines) is 1. The van der Waals surface area contributed by atoms with E-state index in [1.807, 2.05) is 6.07 Å². The number of aryl methyl sites for hydroxylation is 1. The van der Waals surface area contributed by atoms with Gasteiger partial charge < -0.3 is 14.4 Å². The molecule has 0 radical (unpaired) electrons. The number of amides is 1. The fourth-order valence-corrected chi connectivity index (χ4v) is 3.49. The zero-order valence-corrected chi connectivity index (χ0v) is 15.6. The van der Waals surface area contributed by atoms with Crippen molar-refractivity contribution in [2.45, 2.75) is 19.5 Å². The van der Waals surface area contributed by atoms with Crippen LogP contribution >= 0.6 is 0 Å². The first-order valence-corrected chi connectivity index (χ1v) is 9.09. The average molecular weight is 391 g/mol. The van der Waals surface area contributed by atoms with Crippen LogP contribution in [0.1, 0.15) is 28.5 Å². The maximum Gasteiger partial charge on any atom is 0.296 e. The predicted octanol–water partition coefficient (Wildman–Crippen LogP) is 4.35. The Kier molecular flexibility index (Phi) is 4.76. The summed E-state index contributed by atoms with van der Waals surface area (Å²) < 4.78 is 19.4. The Labute approximate surface area is 166 Å². The molecule has 146 valence electrons. The maximum atomic E-state index is 14.0. The quantitative estimate of drug-likeness (QED) is 0.408. The largest absolute Gasteiger partial charge is 0.507 e. The fraction of sp³-hybridized carbons (Fsp3) is 0.130. The third-order valence-corrected chi connectivity index (χ3v) is 5.01. The van der Waals surface area contributed by atoms with E-state index in [1.54, 1.807) is 43.3 Å². The van der Waals surface area contributed by atoms with Crippen LogP contribution in [0.25, 0.3) is 5.76 Å². The lowest BCUT2D eigenvalue weighted by Crippen LogP contribution is -2.29. The highest BCUT2D eigenvalue weighted by Crippen LogP contribution is 2.40. The van der Waals surface area contributed by atoms with Crippen molar-refractivity contribution in [1.82, 2.24) is 4.90 Å². The van der Waals surface area contributed by atoms with E-state index in [4.69, 9.17) is 4.42 Å². The summed E-state index contributed by atoms with van der Waals surface area (Å²) in [7, 11) is 0. The van der Waals surface area contributed by atoms with E-state index >= 15 is 0 Å². The van der Waals surface area contributed by atoms with E-state index in [0.717, 1.165) is 6.07 Å². The molecule has 1 fully saturated rings. The van der Waals surface area contributed by atoms with Crippen LogP contribution in [0.3, 0.4) is 0 Å². The zero-order valence-electron chi connectivity index (χ0n) is 15.6. The number of aliphatic hydroxyl groups is 1. The smallest absolute Gasteiger partial charge is 0.296 e. The minimum absolute atomic E-state index is 0.0656. The van der Waals surface area contributed by atoms with E-state index in [2.05, 4.69) is 0 Å².